The molecule has 2 bridgehead atoms. The number of hydrogen-bond donors (Lipinski definition) is 1. The minimum Gasteiger partial charge on any atom is -0.158 e. The van der Waals surface area contributed by atoms with Gasteiger partial charge in [-0.1, -0.05) is 61.2 Å². The second kappa shape index (κ2) is 7.21. The summed E-state index contributed by atoms with van der Waals surface area (Å²) < 4.78 is 2.48. The molecule has 0 spiro atoms. The van der Waals surface area contributed by atoms with Gasteiger partial charge in [-0.2, -0.15) is 5.43 Å². The fourth-order valence-corrected chi connectivity index (χ4v) is 5.16. The lowest BCUT2D eigenvalue weighted by Crippen LogP contribution is -2.41. The van der Waals surface area contributed by atoms with Gasteiger partial charge in [0.2, 0.25) is 0 Å². The van der Waals surface area contributed by atoms with Crippen molar-refractivity contribution in [2.75, 3.05) is 0 Å². The summed E-state index contributed by atoms with van der Waals surface area (Å²) in [5.74, 6) is 3.58. The van der Waals surface area contributed by atoms with Gasteiger partial charge >= 0.3 is 0 Å². The molecule has 1 N–H and O–H groups in total. The van der Waals surface area contributed by atoms with Crippen molar-refractivity contribution >= 4 is 22.9 Å². The third kappa shape index (κ3) is 3.04. The Hall–Kier alpha value is -0.440. The van der Waals surface area contributed by atoms with E-state index in [1.54, 1.807) is 0 Å². The Morgan fingerprint density at radius 2 is 1.62 bits per heavy atom. The first-order chi connectivity index (χ1) is 9.50. The molecule has 3 rings (SSSR count). The summed E-state index contributed by atoms with van der Waals surface area (Å²) >= 11 is 5.62. The van der Waals surface area contributed by atoms with Crippen LogP contribution in [0.15, 0.2) is 0 Å². The van der Waals surface area contributed by atoms with E-state index in [9.17, 15) is 0 Å². The summed E-state index contributed by atoms with van der Waals surface area (Å²) in [5, 5.41) is 0. The molecule has 1 saturated heterocycles. The number of fused-ring (bicyclic) bond motifs is 5. The van der Waals surface area contributed by atoms with Crippen LogP contribution in [0.25, 0.3) is 0 Å². The van der Waals surface area contributed by atoms with Gasteiger partial charge in [0.15, 0.2) is 11.8 Å². The van der Waals surface area contributed by atoms with E-state index in [-0.39, 0.29) is 7.43 Å². The van der Waals surface area contributed by atoms with Gasteiger partial charge in [0.25, 0.3) is 0 Å². The number of hydrogen-bond acceptors (Lipinski definition) is 1. The first-order valence-electron chi connectivity index (χ1n) is 8.47. The van der Waals surface area contributed by atoms with Crippen LogP contribution in [0, 0.1) is 29.6 Å². The fourth-order valence-electron chi connectivity index (χ4n) is 4.73. The summed E-state index contributed by atoms with van der Waals surface area (Å²) in [4.78, 5) is 1.12. The second-order valence-corrected chi connectivity index (χ2v) is 7.37. The summed E-state index contributed by atoms with van der Waals surface area (Å²) in [5.41, 5.74) is 5.09. The highest BCUT2D eigenvalue weighted by molar-refractivity contribution is 7.80. The molecule has 122 valence electrons. The van der Waals surface area contributed by atoms with Crippen LogP contribution in [-0.4, -0.2) is 21.4 Å². The fraction of sp³-hybridized carbons (Fsp3) is 0.889. The highest BCUT2D eigenvalue weighted by Gasteiger charge is 2.60. The Balaban J connectivity index is 0.000000706. The minimum atomic E-state index is 0. The third-order valence-corrected chi connectivity index (χ3v) is 5.53. The van der Waals surface area contributed by atoms with E-state index in [0.717, 1.165) is 16.8 Å². The first kappa shape index (κ1) is 18.6. The van der Waals surface area contributed by atoms with Gasteiger partial charge in [-0.25, -0.2) is 0 Å². The van der Waals surface area contributed by atoms with Crippen molar-refractivity contribution in [3.8, 4) is 0 Å². The van der Waals surface area contributed by atoms with Gasteiger partial charge in [-0.05, 0) is 25.2 Å². The lowest BCUT2D eigenvalue weighted by molar-refractivity contribution is -0.605. The Kier molecular flexibility index (Phi) is 6.39. The average Bonchev–Trinajstić information content (AvgIpc) is 3.05. The maximum Gasteiger partial charge on any atom is 0.193 e. The van der Waals surface area contributed by atoms with Crippen LogP contribution >= 0.6 is 12.2 Å². The Bertz CT molecular complexity index is 401. The van der Waals surface area contributed by atoms with Crippen LogP contribution in [0.2, 0.25) is 0 Å². The molecule has 2 saturated carbocycles. The van der Waals surface area contributed by atoms with Crippen LogP contribution in [0.5, 0.6) is 0 Å². The lowest BCUT2D eigenvalue weighted by atomic mass is 9.85. The zero-order valence-corrected chi connectivity index (χ0v) is 14.8. The molecule has 2 unspecified atom stereocenters. The number of thiocarbonyl (C=S) groups is 1. The van der Waals surface area contributed by atoms with Gasteiger partial charge in [-0.15, -0.1) is 4.68 Å². The standard InChI is InChI=1S/C15H24N2S.C2H6.CH4/c1-8(2)13(9(3)4)17-14-11-6-5-10(7-11)12(14)15(18)16-17;1-2;/h8-12,14H,5-7H2,1-4H3;1-2H3;1H4/p+1/t10-,11+,12?,14?;;/m1../s1. The molecule has 3 aliphatic rings. The van der Waals surface area contributed by atoms with Crippen molar-refractivity contribution in [3.05, 3.63) is 0 Å². The zero-order valence-electron chi connectivity index (χ0n) is 13.9. The van der Waals surface area contributed by atoms with Crippen molar-refractivity contribution < 1.29 is 4.68 Å². The molecule has 1 heterocycles. The van der Waals surface area contributed by atoms with Gasteiger partial charge in [0, 0.05) is 17.8 Å². The molecule has 0 aromatic carbocycles. The van der Waals surface area contributed by atoms with Crippen molar-refractivity contribution in [3.63, 3.8) is 0 Å². The highest BCUT2D eigenvalue weighted by Crippen LogP contribution is 2.51. The summed E-state index contributed by atoms with van der Waals surface area (Å²) in [6.45, 7) is 13.2. The molecular weight excluding hydrogens is 276 g/mol. The highest BCUT2D eigenvalue weighted by atomic mass is 32.1. The molecule has 4 atom stereocenters. The first-order valence-corrected chi connectivity index (χ1v) is 8.88. The predicted octanol–water partition coefficient (Wildman–Crippen LogP) is 4.67. The molecule has 0 amide bonds. The van der Waals surface area contributed by atoms with E-state index in [4.69, 9.17) is 12.2 Å². The Morgan fingerprint density at radius 3 is 2.14 bits per heavy atom. The van der Waals surface area contributed by atoms with E-state index in [0.29, 0.717) is 23.8 Å². The second-order valence-electron chi connectivity index (χ2n) is 6.93. The molecule has 2 nitrogen and oxygen atoms in total. The minimum absolute atomic E-state index is 0. The van der Waals surface area contributed by atoms with Crippen molar-refractivity contribution in [1.29, 1.82) is 0 Å². The normalized spacial score (nSPS) is 32.6. The van der Waals surface area contributed by atoms with E-state index >= 15 is 0 Å². The van der Waals surface area contributed by atoms with Crippen LogP contribution in [0.3, 0.4) is 0 Å². The number of nitrogens with one attached hydrogen (secondary N) is 1. The molecule has 0 aromatic heterocycles. The molecule has 1 aliphatic heterocycles. The van der Waals surface area contributed by atoms with Crippen molar-refractivity contribution in [2.24, 2.45) is 29.6 Å². The van der Waals surface area contributed by atoms with E-state index < -0.39 is 0 Å². The Morgan fingerprint density at radius 1 is 1.10 bits per heavy atom. The summed E-state index contributed by atoms with van der Waals surface area (Å²) in [6.07, 6.45) is 4.23. The van der Waals surface area contributed by atoms with Gasteiger partial charge in [0.05, 0.1) is 5.92 Å². The van der Waals surface area contributed by atoms with Crippen molar-refractivity contribution in [1.82, 2.24) is 5.43 Å². The van der Waals surface area contributed by atoms with Gasteiger partial charge in [-0.3, -0.25) is 0 Å². The van der Waals surface area contributed by atoms with Gasteiger partial charge in [0.1, 0.15) is 4.99 Å². The lowest BCUT2D eigenvalue weighted by Gasteiger charge is -2.21. The maximum absolute atomic E-state index is 5.62. The van der Waals surface area contributed by atoms with Crippen LogP contribution in [0.4, 0.5) is 0 Å². The van der Waals surface area contributed by atoms with Crippen LogP contribution < -0.4 is 5.43 Å². The molecular formula is C18H35N2S+. The SMILES string of the molecule is C.CC.CC(C)C(C(C)C)=[N+]1NC(=S)C2C1[C@H]1CC[C@@H]2C1. The van der Waals surface area contributed by atoms with E-state index in [1.807, 2.05) is 13.8 Å². The number of nitrogens with zero attached hydrogens (tertiary/aromatic N) is 1. The van der Waals surface area contributed by atoms with Crippen molar-refractivity contribution in [2.45, 2.75) is 74.3 Å². The quantitative estimate of drug-likeness (QED) is 0.588. The largest absolute Gasteiger partial charge is 0.193 e. The predicted molar refractivity (Wildman–Crippen MR) is 96.9 cm³/mol. The summed E-state index contributed by atoms with van der Waals surface area (Å²) in [6, 6.07) is 0.663. The van der Waals surface area contributed by atoms with Crippen LogP contribution in [0.1, 0.15) is 68.2 Å². The molecule has 0 aromatic rings. The van der Waals surface area contributed by atoms with Crippen LogP contribution in [-0.2, 0) is 0 Å². The monoisotopic (exact) mass is 311 g/mol. The van der Waals surface area contributed by atoms with Gasteiger partial charge < -0.3 is 0 Å². The molecule has 3 heteroatoms. The number of hydrazine groups is 1. The molecule has 3 fully saturated rings. The third-order valence-electron chi connectivity index (χ3n) is 5.17. The molecule has 2 aliphatic carbocycles. The topological polar surface area (TPSA) is 15.0 Å². The average molecular weight is 312 g/mol. The zero-order chi connectivity index (χ0) is 15.0. The molecule has 21 heavy (non-hydrogen) atoms. The number of hydrazone groups is 1. The van der Waals surface area contributed by atoms with E-state index in [2.05, 4.69) is 37.8 Å². The van der Waals surface area contributed by atoms with E-state index in [1.165, 1.54) is 25.0 Å². The maximum atomic E-state index is 5.62. The number of rotatable bonds is 2. The smallest absolute Gasteiger partial charge is 0.158 e. The molecule has 0 radical (unpaired) electrons. The summed E-state index contributed by atoms with van der Waals surface area (Å²) in [7, 11) is 0. The Labute approximate surface area is 137 Å².